The van der Waals surface area contributed by atoms with Crippen LogP contribution in [0.15, 0.2) is 77.1 Å². The third-order valence-electron chi connectivity index (χ3n) is 5.77. The lowest BCUT2D eigenvalue weighted by molar-refractivity contribution is 0.102. The molecule has 0 spiro atoms. The van der Waals surface area contributed by atoms with Crippen LogP contribution in [0.25, 0.3) is 11.3 Å². The monoisotopic (exact) mass is 492 g/mol. The fourth-order valence-corrected chi connectivity index (χ4v) is 5.73. The van der Waals surface area contributed by atoms with E-state index in [-0.39, 0.29) is 22.9 Å². The number of hydrogen-bond acceptors (Lipinski definition) is 5. The zero-order valence-corrected chi connectivity index (χ0v) is 20.0. The predicted octanol–water partition coefficient (Wildman–Crippen LogP) is 4.68. The Hall–Kier alpha value is -3.27. The van der Waals surface area contributed by atoms with Crippen molar-refractivity contribution in [2.45, 2.75) is 37.2 Å². The predicted molar refractivity (Wildman–Crippen MR) is 133 cm³/mol. The van der Waals surface area contributed by atoms with Crippen molar-refractivity contribution in [3.8, 4) is 11.3 Å². The molecule has 0 atom stereocenters. The molecule has 2 N–H and O–H groups in total. The van der Waals surface area contributed by atoms with E-state index in [9.17, 15) is 13.2 Å². The molecule has 3 heterocycles. The van der Waals surface area contributed by atoms with Crippen LogP contribution in [0.2, 0.25) is 0 Å². The van der Waals surface area contributed by atoms with Gasteiger partial charge in [-0.05, 0) is 54.6 Å². The molecule has 1 amide bonds. The van der Waals surface area contributed by atoms with Gasteiger partial charge in [0, 0.05) is 47.4 Å². The second-order valence-corrected chi connectivity index (χ2v) is 11.0. The number of imidazole rings is 1. The molecule has 5 rings (SSSR count). The van der Waals surface area contributed by atoms with Crippen LogP contribution < -0.4 is 10.0 Å². The number of benzene rings is 2. The molecule has 7 nitrogen and oxygen atoms in total. The van der Waals surface area contributed by atoms with Crippen LogP contribution in [0.3, 0.4) is 0 Å². The number of hydrogen-bond donors (Lipinski definition) is 2. The minimum absolute atomic E-state index is 0.0517. The minimum Gasteiger partial charge on any atom is -0.334 e. The lowest BCUT2D eigenvalue weighted by atomic mass is 10.1. The molecular weight excluding hydrogens is 468 g/mol. The maximum Gasteiger partial charge on any atom is 0.255 e. The Morgan fingerprint density at radius 3 is 2.68 bits per heavy atom. The first-order chi connectivity index (χ1) is 16.5. The summed E-state index contributed by atoms with van der Waals surface area (Å²) in [6.45, 7) is 1.22. The molecule has 0 saturated carbocycles. The number of sulfonamides is 1. The molecule has 2 aromatic carbocycles. The highest BCUT2D eigenvalue weighted by Crippen LogP contribution is 2.24. The molecule has 34 heavy (non-hydrogen) atoms. The molecule has 0 unspecified atom stereocenters. The number of rotatable bonds is 7. The van der Waals surface area contributed by atoms with Crippen LogP contribution in [0, 0.1) is 0 Å². The van der Waals surface area contributed by atoms with Gasteiger partial charge in [-0.1, -0.05) is 24.3 Å². The number of nitrogens with zero attached hydrogens (tertiary/aromatic N) is 2. The molecule has 2 aromatic heterocycles. The lowest BCUT2D eigenvalue weighted by Gasteiger charge is -2.11. The Morgan fingerprint density at radius 1 is 1.06 bits per heavy atom. The van der Waals surface area contributed by atoms with Gasteiger partial charge in [0.2, 0.25) is 10.0 Å². The van der Waals surface area contributed by atoms with E-state index < -0.39 is 10.0 Å². The van der Waals surface area contributed by atoms with E-state index in [1.807, 2.05) is 41.8 Å². The average molecular weight is 493 g/mol. The minimum atomic E-state index is -3.74. The number of carbonyl (C=O) groups excluding carboxylic acids is 1. The lowest BCUT2D eigenvalue weighted by Crippen LogP contribution is -2.23. The van der Waals surface area contributed by atoms with E-state index in [0.29, 0.717) is 5.69 Å². The van der Waals surface area contributed by atoms with Crippen LogP contribution in [0.4, 0.5) is 5.69 Å². The van der Waals surface area contributed by atoms with E-state index in [0.717, 1.165) is 34.9 Å². The van der Waals surface area contributed by atoms with Crippen LogP contribution in [0.1, 0.15) is 33.9 Å². The van der Waals surface area contributed by atoms with E-state index in [4.69, 9.17) is 4.98 Å². The van der Waals surface area contributed by atoms with Crippen molar-refractivity contribution in [3.63, 3.8) is 0 Å². The van der Waals surface area contributed by atoms with Crippen molar-refractivity contribution in [2.75, 3.05) is 5.32 Å². The first kappa shape index (κ1) is 22.5. The van der Waals surface area contributed by atoms with Gasteiger partial charge < -0.3 is 9.88 Å². The Labute approximate surface area is 202 Å². The number of nitrogens with one attached hydrogen (secondary N) is 2. The van der Waals surface area contributed by atoms with Crippen molar-refractivity contribution in [1.29, 1.82) is 0 Å². The zero-order chi connectivity index (χ0) is 23.5. The summed E-state index contributed by atoms with van der Waals surface area (Å²) in [7, 11) is -3.74. The van der Waals surface area contributed by atoms with Gasteiger partial charge in [0.1, 0.15) is 5.82 Å². The normalized spacial score (nSPS) is 13.4. The smallest absolute Gasteiger partial charge is 0.255 e. The number of aryl methyl sites for hydroxylation is 2. The Balaban J connectivity index is 1.26. The van der Waals surface area contributed by atoms with Crippen molar-refractivity contribution in [2.24, 2.45) is 0 Å². The van der Waals surface area contributed by atoms with Gasteiger partial charge in [0.05, 0.1) is 10.6 Å². The number of carbonyl (C=O) groups is 1. The fourth-order valence-electron chi connectivity index (χ4n) is 3.95. The van der Waals surface area contributed by atoms with Gasteiger partial charge in [0.15, 0.2) is 0 Å². The van der Waals surface area contributed by atoms with Crippen LogP contribution in [-0.4, -0.2) is 23.9 Å². The largest absolute Gasteiger partial charge is 0.334 e. The standard InChI is InChI=1S/C25H24N4O3S2/c30-25(19-5-3-7-22(15-19)34(31,32)26-16-21-6-4-14-33-21)27-20-11-9-18(10-12-20)23-17-29-13-2-1-8-24(29)28-23/h3-7,9-12,14-15,17,26H,1-2,8,13,16H2,(H,27,30). The number of thiophene rings is 1. The molecule has 0 aliphatic carbocycles. The van der Waals surface area contributed by atoms with Crippen LogP contribution >= 0.6 is 11.3 Å². The van der Waals surface area contributed by atoms with Crippen LogP contribution in [-0.2, 0) is 29.5 Å². The highest BCUT2D eigenvalue weighted by atomic mass is 32.2. The van der Waals surface area contributed by atoms with Crippen molar-refractivity contribution < 1.29 is 13.2 Å². The molecule has 0 bridgehead atoms. The highest BCUT2D eigenvalue weighted by Gasteiger charge is 2.17. The summed E-state index contributed by atoms with van der Waals surface area (Å²) in [5.74, 6) is 0.749. The van der Waals surface area contributed by atoms with Gasteiger partial charge in [0.25, 0.3) is 5.91 Å². The molecule has 0 fully saturated rings. The van der Waals surface area contributed by atoms with E-state index in [1.54, 1.807) is 12.1 Å². The maximum absolute atomic E-state index is 12.8. The first-order valence-corrected chi connectivity index (χ1v) is 13.4. The van der Waals surface area contributed by atoms with Gasteiger partial charge in [-0.2, -0.15) is 0 Å². The molecule has 4 aromatic rings. The van der Waals surface area contributed by atoms with E-state index in [1.165, 1.54) is 36.3 Å². The van der Waals surface area contributed by atoms with Crippen molar-refractivity contribution in [3.05, 3.63) is 88.5 Å². The molecule has 1 aliphatic heterocycles. The number of amides is 1. The molecule has 0 saturated heterocycles. The number of fused-ring (bicyclic) bond motifs is 1. The summed E-state index contributed by atoms with van der Waals surface area (Å²) in [5.41, 5.74) is 2.82. The van der Waals surface area contributed by atoms with Gasteiger partial charge in [-0.25, -0.2) is 18.1 Å². The van der Waals surface area contributed by atoms with Gasteiger partial charge in [-0.3, -0.25) is 4.79 Å². The molecule has 174 valence electrons. The highest BCUT2D eigenvalue weighted by molar-refractivity contribution is 7.89. The molecular formula is C25H24N4O3S2. The summed E-state index contributed by atoms with van der Waals surface area (Å²) in [4.78, 5) is 18.5. The van der Waals surface area contributed by atoms with Gasteiger partial charge >= 0.3 is 0 Å². The zero-order valence-electron chi connectivity index (χ0n) is 18.4. The summed E-state index contributed by atoms with van der Waals surface area (Å²) in [5, 5.41) is 4.73. The first-order valence-electron chi connectivity index (χ1n) is 11.1. The number of anilines is 1. The summed E-state index contributed by atoms with van der Waals surface area (Å²) in [6.07, 6.45) is 5.45. The summed E-state index contributed by atoms with van der Waals surface area (Å²) in [6, 6.07) is 17.3. The molecule has 1 aliphatic rings. The Bertz CT molecular complexity index is 1390. The quantitative estimate of drug-likeness (QED) is 0.392. The third kappa shape index (κ3) is 4.96. The third-order valence-corrected chi connectivity index (χ3v) is 8.05. The van der Waals surface area contributed by atoms with E-state index in [2.05, 4.69) is 20.8 Å². The number of aromatic nitrogens is 2. The Morgan fingerprint density at radius 2 is 1.91 bits per heavy atom. The molecule has 9 heteroatoms. The maximum atomic E-state index is 12.8. The van der Waals surface area contributed by atoms with Crippen molar-refractivity contribution >= 4 is 33.0 Å². The summed E-state index contributed by atoms with van der Waals surface area (Å²) >= 11 is 1.48. The van der Waals surface area contributed by atoms with E-state index >= 15 is 0 Å². The Kier molecular flexibility index (Phi) is 6.32. The topological polar surface area (TPSA) is 93.1 Å². The summed E-state index contributed by atoms with van der Waals surface area (Å²) < 4.78 is 30.1. The molecule has 0 radical (unpaired) electrons. The second-order valence-electron chi connectivity index (χ2n) is 8.16. The second kappa shape index (κ2) is 9.54. The SMILES string of the molecule is O=C(Nc1ccc(-c2cn3c(n2)CCCC3)cc1)c1cccc(S(=O)(=O)NCc2cccs2)c1. The fraction of sp³-hybridized carbons (Fsp3) is 0.200. The van der Waals surface area contributed by atoms with Gasteiger partial charge in [-0.15, -0.1) is 11.3 Å². The average Bonchev–Trinajstić information content (AvgIpc) is 3.53. The van der Waals surface area contributed by atoms with Crippen molar-refractivity contribution in [1.82, 2.24) is 14.3 Å². The van der Waals surface area contributed by atoms with Crippen LogP contribution in [0.5, 0.6) is 0 Å².